The number of carbonyl (C=O) groups excluding carboxylic acids is 5. The minimum absolute atomic E-state index is 0.0560. The predicted molar refractivity (Wildman–Crippen MR) is 211 cm³/mol. The Morgan fingerprint density at radius 2 is 1.59 bits per heavy atom. The first kappa shape index (κ1) is 42.0. The average Bonchev–Trinajstić information content (AvgIpc) is 3.42. The van der Waals surface area contributed by atoms with E-state index in [1.54, 1.807) is 24.3 Å². The summed E-state index contributed by atoms with van der Waals surface area (Å²) in [7, 11) is 0. The number of nitrogens with two attached hydrogens (primary N) is 1. The van der Waals surface area contributed by atoms with Crippen molar-refractivity contribution in [2.24, 2.45) is 28.4 Å². The topological polar surface area (TPSA) is 203 Å². The summed E-state index contributed by atoms with van der Waals surface area (Å²) in [5, 5.41) is 39.4. The van der Waals surface area contributed by atoms with Crippen LogP contribution in [-0.4, -0.2) is 87.5 Å². The molecule has 0 heterocycles. The van der Waals surface area contributed by atoms with Crippen molar-refractivity contribution >= 4 is 45.9 Å². The van der Waals surface area contributed by atoms with Crippen LogP contribution >= 0.6 is 0 Å². The van der Waals surface area contributed by atoms with Gasteiger partial charge in [0, 0.05) is 29.0 Å². The monoisotopic (exact) mass is 814 g/mol. The summed E-state index contributed by atoms with van der Waals surface area (Å²) >= 11 is 0. The van der Waals surface area contributed by atoms with E-state index >= 15 is 8.78 Å². The van der Waals surface area contributed by atoms with E-state index < -0.39 is 114 Å². The van der Waals surface area contributed by atoms with E-state index in [1.165, 1.54) is 19.9 Å². The van der Waals surface area contributed by atoms with Gasteiger partial charge < -0.3 is 35.8 Å². The molecule has 59 heavy (non-hydrogen) atoms. The fourth-order valence-corrected chi connectivity index (χ4v) is 10.2. The molecule has 1 amide bonds. The number of benzene rings is 3. The van der Waals surface area contributed by atoms with Crippen LogP contribution in [-0.2, 0) is 40.1 Å². The molecule has 3 saturated carbocycles. The van der Waals surface area contributed by atoms with Crippen molar-refractivity contribution in [1.29, 1.82) is 0 Å². The predicted octanol–water partition coefficient (Wildman–Crippen LogP) is 4.48. The van der Waals surface area contributed by atoms with Gasteiger partial charge in [0.2, 0.25) is 11.7 Å². The Morgan fingerprint density at radius 3 is 2.29 bits per heavy atom. The van der Waals surface area contributed by atoms with Crippen LogP contribution in [0.5, 0.6) is 0 Å². The molecule has 4 aliphatic carbocycles. The Hall–Kier alpha value is -5.15. The Kier molecular flexibility index (Phi) is 11.2. The van der Waals surface area contributed by atoms with Crippen LogP contribution in [0.1, 0.15) is 63.0 Å². The first-order valence-electron chi connectivity index (χ1n) is 19.8. The number of ketones is 2. The van der Waals surface area contributed by atoms with E-state index in [-0.39, 0.29) is 31.1 Å². The molecule has 7 rings (SSSR count). The zero-order chi connectivity index (χ0) is 42.5. The van der Waals surface area contributed by atoms with Gasteiger partial charge in [0.05, 0.1) is 31.0 Å². The molecule has 3 aromatic carbocycles. The second kappa shape index (κ2) is 15.8. The molecule has 3 aromatic rings. The third-order valence-corrected chi connectivity index (χ3v) is 13.5. The summed E-state index contributed by atoms with van der Waals surface area (Å²) in [6, 6.07) is 20.2. The number of alkyl halides is 2. The number of ether oxygens (including phenoxy) is 2. The van der Waals surface area contributed by atoms with E-state index in [4.69, 9.17) is 15.2 Å². The molecule has 6 N–H and O–H groups in total. The van der Waals surface area contributed by atoms with Crippen LogP contribution in [0.15, 0.2) is 90.5 Å². The van der Waals surface area contributed by atoms with Gasteiger partial charge in [-0.25, -0.2) is 8.78 Å². The van der Waals surface area contributed by atoms with Gasteiger partial charge in [0.1, 0.15) is 12.8 Å². The third-order valence-electron chi connectivity index (χ3n) is 13.5. The summed E-state index contributed by atoms with van der Waals surface area (Å²) in [5.74, 6) is -6.41. The van der Waals surface area contributed by atoms with E-state index in [2.05, 4.69) is 5.32 Å². The lowest BCUT2D eigenvalue weighted by Gasteiger charge is -2.62. The van der Waals surface area contributed by atoms with Gasteiger partial charge >= 0.3 is 11.9 Å². The molecular formula is C45H48F2N2O10. The average molecular weight is 815 g/mol. The van der Waals surface area contributed by atoms with Crippen molar-refractivity contribution in [1.82, 2.24) is 0 Å². The summed E-state index contributed by atoms with van der Waals surface area (Å²) in [6.07, 6.45) is -3.94. The number of esters is 2. The van der Waals surface area contributed by atoms with Crippen LogP contribution in [0, 0.1) is 22.7 Å². The van der Waals surface area contributed by atoms with Crippen molar-refractivity contribution < 1.29 is 57.5 Å². The molecular weight excluding hydrogens is 766 g/mol. The highest BCUT2D eigenvalue weighted by molar-refractivity contribution is 6.01. The number of allylic oxidation sites excluding steroid dienone is 4. The van der Waals surface area contributed by atoms with E-state index in [0.29, 0.717) is 16.8 Å². The van der Waals surface area contributed by atoms with E-state index in [0.717, 1.165) is 22.9 Å². The number of aliphatic hydroxyl groups is 3. The number of Topliss-reactive ketones (excluding diaryl/α,β-unsaturated/α-hetero) is 1. The van der Waals surface area contributed by atoms with Crippen LogP contribution in [0.25, 0.3) is 10.8 Å². The second-order valence-electron chi connectivity index (χ2n) is 16.7. The van der Waals surface area contributed by atoms with Gasteiger partial charge in [-0.3, -0.25) is 24.0 Å². The van der Waals surface area contributed by atoms with Gasteiger partial charge in [0.15, 0.2) is 23.7 Å². The van der Waals surface area contributed by atoms with Crippen LogP contribution in [0.3, 0.4) is 0 Å². The number of hydrogen-bond donors (Lipinski definition) is 5. The summed E-state index contributed by atoms with van der Waals surface area (Å²) in [5.41, 5.74) is -0.594. The highest BCUT2D eigenvalue weighted by Crippen LogP contribution is 2.70. The lowest BCUT2D eigenvalue weighted by atomic mass is 9.44. The number of halogens is 2. The van der Waals surface area contributed by atoms with E-state index in [1.807, 2.05) is 42.5 Å². The molecule has 0 saturated heterocycles. The number of rotatable bonds is 12. The van der Waals surface area contributed by atoms with Gasteiger partial charge in [0.25, 0.3) is 0 Å². The number of aliphatic hydroxyl groups excluding tert-OH is 2. The van der Waals surface area contributed by atoms with Gasteiger partial charge in [-0.2, -0.15) is 0 Å². The summed E-state index contributed by atoms with van der Waals surface area (Å²) in [4.78, 5) is 63.9. The molecule has 10 atom stereocenters. The highest BCUT2D eigenvalue weighted by atomic mass is 19.1. The van der Waals surface area contributed by atoms with Crippen molar-refractivity contribution in [3.05, 3.63) is 102 Å². The quantitative estimate of drug-likeness (QED) is 0.162. The number of carbonyl (C=O) groups is 5. The lowest BCUT2D eigenvalue weighted by molar-refractivity contribution is -0.226. The molecule has 0 unspecified atom stereocenters. The maximum absolute atomic E-state index is 17.4. The number of nitrogens with one attached hydrogen (secondary N) is 1. The van der Waals surface area contributed by atoms with Crippen molar-refractivity contribution in [3.63, 3.8) is 0 Å². The first-order chi connectivity index (χ1) is 28.0. The second-order valence-corrected chi connectivity index (χ2v) is 16.7. The molecule has 0 spiro atoms. The third kappa shape index (κ3) is 7.09. The minimum Gasteiger partial charge on any atom is -0.461 e. The fourth-order valence-electron chi connectivity index (χ4n) is 10.2. The number of anilines is 1. The van der Waals surface area contributed by atoms with Crippen LogP contribution < -0.4 is 11.1 Å². The summed E-state index contributed by atoms with van der Waals surface area (Å²) < 4.78 is 43.4. The smallest absolute Gasteiger partial charge is 0.306 e. The molecule has 4 aliphatic rings. The number of fused-ring (bicyclic) bond motifs is 6. The van der Waals surface area contributed by atoms with Gasteiger partial charge in [-0.15, -0.1) is 0 Å². The van der Waals surface area contributed by atoms with Gasteiger partial charge in [-0.05, 0) is 83.9 Å². The normalized spacial score (nSPS) is 32.6. The maximum atomic E-state index is 17.4. The molecule has 3 fully saturated rings. The molecule has 14 heteroatoms. The van der Waals surface area contributed by atoms with Crippen molar-refractivity contribution in [2.45, 2.75) is 88.1 Å². The van der Waals surface area contributed by atoms with Crippen molar-refractivity contribution in [3.8, 4) is 0 Å². The zero-order valence-electron chi connectivity index (χ0n) is 32.7. The Labute approximate surface area is 339 Å². The van der Waals surface area contributed by atoms with Crippen molar-refractivity contribution in [2.75, 3.05) is 18.5 Å². The molecule has 312 valence electrons. The lowest BCUT2D eigenvalue weighted by Crippen LogP contribution is -2.71. The van der Waals surface area contributed by atoms with Crippen LogP contribution in [0.4, 0.5) is 14.5 Å². The van der Waals surface area contributed by atoms with Gasteiger partial charge in [-0.1, -0.05) is 67.6 Å². The highest BCUT2D eigenvalue weighted by Gasteiger charge is 2.77. The van der Waals surface area contributed by atoms with E-state index in [9.17, 15) is 39.3 Å². The minimum atomic E-state index is -2.58. The van der Waals surface area contributed by atoms with Crippen LogP contribution in [0.2, 0.25) is 0 Å². The fraction of sp³-hybridized carbons (Fsp3) is 0.444. The summed E-state index contributed by atoms with van der Waals surface area (Å²) in [6.45, 7) is 1.79. The molecule has 0 aromatic heterocycles. The molecule has 0 aliphatic heterocycles. The Balaban J connectivity index is 0.899. The molecule has 0 radical (unpaired) electrons. The Morgan fingerprint density at radius 1 is 0.915 bits per heavy atom. The molecule has 12 nitrogen and oxygen atoms in total. The number of amides is 1. The molecule has 0 bridgehead atoms. The standard InChI is InChI=1S/C45H48F2N2O10/c1-42-16-15-30(50)18-34(42)35(46)19-33-32-20-36(51)45(57,43(32,2)21-37(52)44(33,42)47)38(53)24-59-40(55)14-13-39(54)58-23-25-7-9-27(10-8-25)31(22-48)41(56)49-29-12-11-26-5-3-4-6-28(26)17-29/h3-12,15-18,31-33,35-37,51-52,57H,13-14,19-24,48H2,1-2H3,(H,49,56)/t31-,32+,33+,35+,36-,37+,42+,43+,44+,45+/m1/s1. The Bertz CT molecular complexity index is 2250. The number of hydrogen-bond acceptors (Lipinski definition) is 11. The largest absolute Gasteiger partial charge is 0.461 e. The maximum Gasteiger partial charge on any atom is 0.306 e. The first-order valence-corrected chi connectivity index (χ1v) is 19.8. The zero-order valence-corrected chi connectivity index (χ0v) is 32.7. The SMILES string of the molecule is C[C@]12C=CC(=O)C=C1[C@@H](F)C[C@H]1[C@@H]3C[C@@H](O)[C@](O)(C(=O)COC(=O)CCC(=O)OCc4ccc([C@@H](CN)C(=O)Nc5ccc6ccccc6c5)cc4)[C@@]3(C)C[C@H](O)[C@@]12F.